The Morgan fingerprint density at radius 3 is 2.53 bits per heavy atom. The van der Waals surface area contributed by atoms with E-state index in [0.29, 0.717) is 9.92 Å². The first-order valence-corrected chi connectivity index (χ1v) is 7.00. The molecule has 1 aliphatic carbocycles. The first-order chi connectivity index (χ1) is 7.05. The van der Waals surface area contributed by atoms with Gasteiger partial charge in [0.1, 0.15) is 0 Å². The molecule has 0 saturated heterocycles. The average molecular weight is 245 g/mol. The molecule has 0 amide bonds. The summed E-state index contributed by atoms with van der Waals surface area (Å²) in [5.74, 6) is 0. The zero-order chi connectivity index (χ0) is 11.1. The maximum atomic E-state index is 11.9. The monoisotopic (exact) mass is 244 g/mol. The lowest BCUT2D eigenvalue weighted by molar-refractivity contribution is 0.595. The van der Waals surface area contributed by atoms with Crippen molar-refractivity contribution >= 4 is 21.4 Å². The molecule has 0 aromatic heterocycles. The molecule has 4 heteroatoms. The van der Waals surface area contributed by atoms with Crippen molar-refractivity contribution in [3.63, 3.8) is 0 Å². The van der Waals surface area contributed by atoms with Crippen LogP contribution in [0.5, 0.6) is 0 Å². The van der Waals surface area contributed by atoms with Gasteiger partial charge in [0, 0.05) is 5.02 Å². The maximum absolute atomic E-state index is 11.9. The Hall–Kier alpha value is -0.540. The number of hydrogen-bond acceptors (Lipinski definition) is 2. The standard InChI is InChI=1S/C11H13ClO2S/c1-2-8-3-4-10(7-11(8)12)15(13,14)9-5-6-9/h3-4,7,9H,2,5-6H2,1H3. The quantitative estimate of drug-likeness (QED) is 0.820. The van der Waals surface area contributed by atoms with Gasteiger partial charge in [0.25, 0.3) is 0 Å². The summed E-state index contributed by atoms with van der Waals surface area (Å²) in [4.78, 5) is 0.368. The van der Waals surface area contributed by atoms with Gasteiger partial charge in [-0.1, -0.05) is 24.6 Å². The van der Waals surface area contributed by atoms with Gasteiger partial charge in [0.15, 0.2) is 9.84 Å². The van der Waals surface area contributed by atoms with Crippen LogP contribution in [0.15, 0.2) is 23.1 Å². The van der Waals surface area contributed by atoms with E-state index in [2.05, 4.69) is 0 Å². The molecule has 0 atom stereocenters. The van der Waals surface area contributed by atoms with Crippen LogP contribution in [0.1, 0.15) is 25.3 Å². The van der Waals surface area contributed by atoms with Crippen molar-refractivity contribution in [1.82, 2.24) is 0 Å². The van der Waals surface area contributed by atoms with Gasteiger partial charge in [0.05, 0.1) is 10.1 Å². The lowest BCUT2D eigenvalue weighted by Gasteiger charge is -2.05. The lowest BCUT2D eigenvalue weighted by atomic mass is 10.2. The molecule has 1 aromatic rings. The van der Waals surface area contributed by atoms with E-state index in [1.165, 1.54) is 0 Å². The second-order valence-corrected chi connectivity index (χ2v) is 6.49. The number of rotatable bonds is 3. The first kappa shape index (κ1) is 11.0. The highest BCUT2D eigenvalue weighted by Crippen LogP contribution is 2.34. The van der Waals surface area contributed by atoms with E-state index in [0.717, 1.165) is 24.8 Å². The fourth-order valence-electron chi connectivity index (χ4n) is 1.56. The normalized spacial score (nSPS) is 16.7. The molecule has 0 aliphatic heterocycles. The molecular formula is C11H13ClO2S. The van der Waals surface area contributed by atoms with Gasteiger partial charge in [-0.15, -0.1) is 0 Å². The molecule has 1 aromatic carbocycles. The molecule has 1 fully saturated rings. The average Bonchev–Trinajstić information content (AvgIpc) is 3.00. The Kier molecular flexibility index (Phi) is 2.77. The van der Waals surface area contributed by atoms with Gasteiger partial charge >= 0.3 is 0 Å². The van der Waals surface area contributed by atoms with Gasteiger partial charge in [-0.25, -0.2) is 8.42 Å². The minimum Gasteiger partial charge on any atom is -0.223 e. The van der Waals surface area contributed by atoms with Gasteiger partial charge in [-0.05, 0) is 37.0 Å². The first-order valence-electron chi connectivity index (χ1n) is 5.08. The molecule has 1 saturated carbocycles. The molecule has 0 bridgehead atoms. The minimum absolute atomic E-state index is 0.166. The van der Waals surface area contributed by atoms with Crippen LogP contribution in [0.2, 0.25) is 5.02 Å². The summed E-state index contributed by atoms with van der Waals surface area (Å²) in [5, 5.41) is 0.389. The highest BCUT2D eigenvalue weighted by atomic mass is 35.5. The van der Waals surface area contributed by atoms with Crippen LogP contribution in [-0.2, 0) is 16.3 Å². The lowest BCUT2D eigenvalue weighted by Crippen LogP contribution is -2.07. The summed E-state index contributed by atoms with van der Waals surface area (Å²) in [6.07, 6.45) is 2.40. The molecular weight excluding hydrogens is 232 g/mol. The molecule has 0 heterocycles. The van der Waals surface area contributed by atoms with Crippen LogP contribution >= 0.6 is 11.6 Å². The summed E-state index contributed by atoms with van der Waals surface area (Å²) in [5.41, 5.74) is 0.992. The number of hydrogen-bond donors (Lipinski definition) is 0. The van der Waals surface area contributed by atoms with E-state index < -0.39 is 9.84 Å². The highest BCUT2D eigenvalue weighted by molar-refractivity contribution is 7.92. The fraction of sp³-hybridized carbons (Fsp3) is 0.455. The van der Waals surface area contributed by atoms with Crippen molar-refractivity contribution in [2.75, 3.05) is 0 Å². The van der Waals surface area contributed by atoms with Crippen LogP contribution in [0.4, 0.5) is 0 Å². The van der Waals surface area contributed by atoms with Gasteiger partial charge < -0.3 is 0 Å². The third-order valence-electron chi connectivity index (χ3n) is 2.70. The molecule has 2 nitrogen and oxygen atoms in total. The predicted octanol–water partition coefficient (Wildman–Crippen LogP) is 2.84. The Labute approximate surface area is 95.2 Å². The Bertz CT molecular complexity index is 475. The van der Waals surface area contributed by atoms with Crippen LogP contribution in [-0.4, -0.2) is 13.7 Å². The van der Waals surface area contributed by atoms with Gasteiger partial charge in [-0.3, -0.25) is 0 Å². The number of sulfone groups is 1. The van der Waals surface area contributed by atoms with Crippen molar-refractivity contribution in [1.29, 1.82) is 0 Å². The number of benzene rings is 1. The molecule has 82 valence electrons. The predicted molar refractivity (Wildman–Crippen MR) is 61.0 cm³/mol. The van der Waals surface area contributed by atoms with Crippen LogP contribution < -0.4 is 0 Å². The fourth-order valence-corrected chi connectivity index (χ4v) is 3.62. The third kappa shape index (κ3) is 2.04. The van der Waals surface area contributed by atoms with Crippen LogP contribution in [0, 0.1) is 0 Å². The smallest absolute Gasteiger partial charge is 0.181 e. The highest BCUT2D eigenvalue weighted by Gasteiger charge is 2.36. The summed E-state index contributed by atoms with van der Waals surface area (Å²) in [7, 11) is -3.10. The van der Waals surface area contributed by atoms with Crippen LogP contribution in [0.3, 0.4) is 0 Å². The summed E-state index contributed by atoms with van der Waals surface area (Å²) >= 11 is 6.00. The second kappa shape index (κ2) is 3.80. The second-order valence-electron chi connectivity index (χ2n) is 3.85. The summed E-state index contributed by atoms with van der Waals surface area (Å²) in [6, 6.07) is 5.05. The molecule has 0 radical (unpaired) electrons. The van der Waals surface area contributed by atoms with E-state index in [1.54, 1.807) is 18.2 Å². The molecule has 0 spiro atoms. The topological polar surface area (TPSA) is 34.1 Å². The molecule has 15 heavy (non-hydrogen) atoms. The molecule has 1 aliphatic rings. The Morgan fingerprint density at radius 2 is 2.07 bits per heavy atom. The van der Waals surface area contributed by atoms with Crippen molar-refractivity contribution in [3.05, 3.63) is 28.8 Å². The molecule has 0 unspecified atom stereocenters. The summed E-state index contributed by atoms with van der Waals surface area (Å²) in [6.45, 7) is 2.00. The van der Waals surface area contributed by atoms with Gasteiger partial charge in [-0.2, -0.15) is 0 Å². The van der Waals surface area contributed by atoms with Crippen molar-refractivity contribution in [2.24, 2.45) is 0 Å². The largest absolute Gasteiger partial charge is 0.223 e. The summed E-state index contributed by atoms with van der Waals surface area (Å²) < 4.78 is 23.8. The van der Waals surface area contributed by atoms with E-state index in [-0.39, 0.29) is 5.25 Å². The van der Waals surface area contributed by atoms with E-state index >= 15 is 0 Å². The van der Waals surface area contributed by atoms with E-state index in [1.807, 2.05) is 6.92 Å². The minimum atomic E-state index is -3.10. The zero-order valence-electron chi connectivity index (χ0n) is 8.53. The molecule has 0 N–H and O–H groups in total. The Morgan fingerprint density at radius 1 is 1.40 bits per heavy atom. The van der Waals surface area contributed by atoms with E-state index in [4.69, 9.17) is 11.6 Å². The van der Waals surface area contributed by atoms with Crippen molar-refractivity contribution < 1.29 is 8.42 Å². The molecule has 2 rings (SSSR count). The third-order valence-corrected chi connectivity index (χ3v) is 5.31. The Balaban J connectivity index is 2.42. The van der Waals surface area contributed by atoms with Crippen molar-refractivity contribution in [3.8, 4) is 0 Å². The van der Waals surface area contributed by atoms with E-state index in [9.17, 15) is 8.42 Å². The number of halogens is 1. The van der Waals surface area contributed by atoms with Gasteiger partial charge in [0.2, 0.25) is 0 Å². The zero-order valence-corrected chi connectivity index (χ0v) is 10.1. The van der Waals surface area contributed by atoms with Crippen molar-refractivity contribution in [2.45, 2.75) is 36.3 Å². The SMILES string of the molecule is CCc1ccc(S(=O)(=O)C2CC2)cc1Cl. The number of aryl methyl sites for hydroxylation is 1. The van der Waals surface area contributed by atoms with Crippen LogP contribution in [0.25, 0.3) is 0 Å². The maximum Gasteiger partial charge on any atom is 0.181 e.